The molecule has 0 unspecified atom stereocenters. The van der Waals surface area contributed by atoms with Gasteiger partial charge in [0.25, 0.3) is 5.09 Å². The van der Waals surface area contributed by atoms with Gasteiger partial charge in [-0.3, -0.25) is 0 Å². The highest BCUT2D eigenvalue weighted by molar-refractivity contribution is 7.86. The molecule has 0 amide bonds. The Morgan fingerprint density at radius 2 is 2.31 bits per heavy atom. The monoisotopic (exact) mass is 245 g/mol. The second-order valence-corrected chi connectivity index (χ2v) is 4.21. The van der Waals surface area contributed by atoms with Gasteiger partial charge in [-0.1, -0.05) is 3.89 Å². The highest BCUT2D eigenvalue weighted by Crippen LogP contribution is 2.27. The van der Waals surface area contributed by atoms with Gasteiger partial charge < -0.3 is 4.42 Å². The van der Waals surface area contributed by atoms with E-state index in [4.69, 9.17) is 0 Å². The van der Waals surface area contributed by atoms with Gasteiger partial charge in [0.1, 0.15) is 6.33 Å². The standard InChI is InChI=1S/C8H8FN3O3S/c1-2-12-7(10-5-11-12)6-3-4-15-8(6)16(9,13)14/h3-5H,2H2,1H3. The third-order valence-corrected chi connectivity index (χ3v) is 2.77. The molecule has 2 aromatic heterocycles. The lowest BCUT2D eigenvalue weighted by Gasteiger charge is -2.00. The summed E-state index contributed by atoms with van der Waals surface area (Å²) in [5.74, 6) is 0.257. The van der Waals surface area contributed by atoms with E-state index in [0.717, 1.165) is 6.26 Å². The van der Waals surface area contributed by atoms with Crippen LogP contribution in [0.4, 0.5) is 3.89 Å². The van der Waals surface area contributed by atoms with Gasteiger partial charge in [-0.15, -0.1) is 0 Å². The summed E-state index contributed by atoms with van der Waals surface area (Å²) in [4.78, 5) is 3.86. The van der Waals surface area contributed by atoms with Crippen LogP contribution in [0.2, 0.25) is 0 Å². The van der Waals surface area contributed by atoms with Crippen LogP contribution in [0.25, 0.3) is 11.4 Å². The molecule has 0 saturated carbocycles. The number of hydrogen-bond acceptors (Lipinski definition) is 5. The van der Waals surface area contributed by atoms with E-state index in [-0.39, 0.29) is 11.4 Å². The summed E-state index contributed by atoms with van der Waals surface area (Å²) in [6.07, 6.45) is 2.36. The van der Waals surface area contributed by atoms with Crippen molar-refractivity contribution in [2.45, 2.75) is 18.6 Å². The zero-order valence-corrected chi connectivity index (χ0v) is 9.11. The van der Waals surface area contributed by atoms with Gasteiger partial charge in [-0.05, 0) is 13.0 Å². The molecule has 2 rings (SSSR count). The van der Waals surface area contributed by atoms with Crippen molar-refractivity contribution >= 4 is 10.2 Å². The Morgan fingerprint density at radius 1 is 1.56 bits per heavy atom. The Balaban J connectivity index is 2.62. The molecule has 0 bridgehead atoms. The van der Waals surface area contributed by atoms with Crippen molar-refractivity contribution in [1.82, 2.24) is 14.8 Å². The predicted octanol–water partition coefficient (Wildman–Crippen LogP) is 1.22. The van der Waals surface area contributed by atoms with Crippen LogP contribution >= 0.6 is 0 Å². The van der Waals surface area contributed by atoms with Crippen LogP contribution in [0, 0.1) is 0 Å². The van der Waals surface area contributed by atoms with Crippen LogP contribution in [0.1, 0.15) is 6.92 Å². The minimum atomic E-state index is -4.89. The van der Waals surface area contributed by atoms with Crippen LogP contribution < -0.4 is 0 Å². The minimum Gasteiger partial charge on any atom is -0.450 e. The SMILES string of the molecule is CCn1ncnc1-c1ccoc1S(=O)(=O)F. The molecule has 0 fully saturated rings. The maximum absolute atomic E-state index is 12.9. The van der Waals surface area contributed by atoms with Crippen molar-refractivity contribution in [3.8, 4) is 11.4 Å². The van der Waals surface area contributed by atoms with Crippen molar-refractivity contribution in [2.75, 3.05) is 0 Å². The first kappa shape index (κ1) is 10.8. The van der Waals surface area contributed by atoms with Gasteiger partial charge in [-0.25, -0.2) is 9.67 Å². The maximum atomic E-state index is 12.9. The molecule has 16 heavy (non-hydrogen) atoms. The highest BCUT2D eigenvalue weighted by Gasteiger charge is 2.25. The summed E-state index contributed by atoms with van der Waals surface area (Å²) in [5.41, 5.74) is 0.0712. The smallest absolute Gasteiger partial charge is 0.366 e. The zero-order chi connectivity index (χ0) is 11.8. The lowest BCUT2D eigenvalue weighted by atomic mass is 10.3. The van der Waals surface area contributed by atoms with E-state index >= 15 is 0 Å². The number of aromatic nitrogens is 3. The van der Waals surface area contributed by atoms with Crippen LogP contribution in [-0.2, 0) is 16.8 Å². The van der Waals surface area contributed by atoms with Crippen molar-refractivity contribution < 1.29 is 16.7 Å². The quantitative estimate of drug-likeness (QED) is 0.759. The topological polar surface area (TPSA) is 78.0 Å². The van der Waals surface area contributed by atoms with Gasteiger partial charge in [0.15, 0.2) is 5.82 Å². The van der Waals surface area contributed by atoms with Gasteiger partial charge in [0.2, 0.25) is 0 Å². The molecular formula is C8H8FN3O3S. The molecule has 0 spiro atoms. The van der Waals surface area contributed by atoms with E-state index in [1.165, 1.54) is 17.1 Å². The Bertz CT molecular complexity index is 602. The van der Waals surface area contributed by atoms with Gasteiger partial charge in [0, 0.05) is 6.54 Å². The molecule has 2 heterocycles. The molecular weight excluding hydrogens is 237 g/mol. The van der Waals surface area contributed by atoms with E-state index in [1.807, 2.05) is 6.92 Å². The van der Waals surface area contributed by atoms with Gasteiger partial charge >= 0.3 is 10.2 Å². The van der Waals surface area contributed by atoms with Gasteiger partial charge in [0.05, 0.1) is 11.8 Å². The molecule has 0 aliphatic rings. The molecule has 0 atom stereocenters. The normalized spacial score (nSPS) is 11.9. The zero-order valence-electron chi connectivity index (χ0n) is 8.29. The fourth-order valence-corrected chi connectivity index (χ4v) is 1.95. The summed E-state index contributed by atoms with van der Waals surface area (Å²) in [6.45, 7) is 2.30. The van der Waals surface area contributed by atoms with E-state index < -0.39 is 15.3 Å². The molecule has 0 aliphatic heterocycles. The van der Waals surface area contributed by atoms with Crippen LogP contribution in [-0.4, -0.2) is 23.2 Å². The lowest BCUT2D eigenvalue weighted by molar-refractivity contribution is 0.435. The van der Waals surface area contributed by atoms with Crippen molar-refractivity contribution in [2.24, 2.45) is 0 Å². The lowest BCUT2D eigenvalue weighted by Crippen LogP contribution is -2.01. The Labute approximate surface area is 90.9 Å². The summed E-state index contributed by atoms with van der Waals surface area (Å²) in [6, 6.07) is 1.34. The number of halogens is 1. The third-order valence-electron chi connectivity index (χ3n) is 2.01. The Kier molecular flexibility index (Phi) is 2.50. The first-order valence-corrected chi connectivity index (χ1v) is 5.82. The number of aryl methyl sites for hydroxylation is 1. The molecule has 2 aromatic rings. The Morgan fingerprint density at radius 3 is 2.94 bits per heavy atom. The molecule has 86 valence electrons. The average molecular weight is 245 g/mol. The first-order chi connectivity index (χ1) is 7.54. The van der Waals surface area contributed by atoms with Crippen molar-refractivity contribution in [3.63, 3.8) is 0 Å². The molecule has 8 heteroatoms. The molecule has 0 aromatic carbocycles. The maximum Gasteiger partial charge on any atom is 0.366 e. The minimum absolute atomic E-state index is 0.0712. The number of nitrogens with zero attached hydrogens (tertiary/aromatic N) is 3. The summed E-state index contributed by atoms with van der Waals surface area (Å²) in [5, 5.41) is 3.12. The van der Waals surface area contributed by atoms with Gasteiger partial charge in [-0.2, -0.15) is 13.5 Å². The summed E-state index contributed by atoms with van der Waals surface area (Å²) < 4.78 is 40.5. The fourth-order valence-electron chi connectivity index (χ4n) is 1.35. The predicted molar refractivity (Wildman–Crippen MR) is 51.7 cm³/mol. The highest BCUT2D eigenvalue weighted by atomic mass is 32.3. The first-order valence-electron chi connectivity index (χ1n) is 4.44. The summed E-state index contributed by atoms with van der Waals surface area (Å²) >= 11 is 0. The fraction of sp³-hybridized carbons (Fsp3) is 0.250. The molecule has 0 saturated heterocycles. The third kappa shape index (κ3) is 1.71. The van der Waals surface area contributed by atoms with Crippen molar-refractivity contribution in [1.29, 1.82) is 0 Å². The molecule has 0 radical (unpaired) electrons. The summed E-state index contributed by atoms with van der Waals surface area (Å²) in [7, 11) is -4.89. The number of rotatable bonds is 3. The molecule has 6 nitrogen and oxygen atoms in total. The van der Waals surface area contributed by atoms with E-state index in [1.54, 1.807) is 0 Å². The number of furan rings is 1. The van der Waals surface area contributed by atoms with Crippen LogP contribution in [0.15, 0.2) is 28.2 Å². The van der Waals surface area contributed by atoms with Crippen LogP contribution in [0.3, 0.4) is 0 Å². The van der Waals surface area contributed by atoms with Crippen molar-refractivity contribution in [3.05, 3.63) is 18.7 Å². The largest absolute Gasteiger partial charge is 0.450 e. The van der Waals surface area contributed by atoms with E-state index in [2.05, 4.69) is 14.5 Å². The van der Waals surface area contributed by atoms with E-state index in [9.17, 15) is 12.3 Å². The molecule has 0 aliphatic carbocycles. The second-order valence-electron chi connectivity index (χ2n) is 2.96. The molecule has 0 N–H and O–H groups in total. The van der Waals surface area contributed by atoms with Crippen LogP contribution in [0.5, 0.6) is 0 Å². The average Bonchev–Trinajstić information content (AvgIpc) is 2.84. The van der Waals surface area contributed by atoms with E-state index in [0.29, 0.717) is 6.54 Å². The Hall–Kier alpha value is -1.70. The number of hydrogen-bond donors (Lipinski definition) is 0. The second kappa shape index (κ2) is 3.71.